The quantitative estimate of drug-likeness (QED) is 0.404. The molecule has 1 aromatic carbocycles. The summed E-state index contributed by atoms with van der Waals surface area (Å²) in [5.74, 6) is -0.941. The van der Waals surface area contributed by atoms with Crippen LogP contribution in [0.15, 0.2) is 67.1 Å². The molecular weight excluding hydrogens is 502 g/mol. The molecule has 2 aliphatic rings. The number of carbonyl (C=O) groups excluding carboxylic acids is 2. The largest absolute Gasteiger partial charge is 0.348 e. The summed E-state index contributed by atoms with van der Waals surface area (Å²) in [6.07, 6.45) is 7.53. The van der Waals surface area contributed by atoms with Crippen molar-refractivity contribution in [2.75, 3.05) is 18.1 Å². The Balaban J connectivity index is 1.11. The van der Waals surface area contributed by atoms with Crippen molar-refractivity contribution in [1.82, 2.24) is 24.6 Å². The molecule has 1 aliphatic carbocycles. The fourth-order valence-electron chi connectivity index (χ4n) is 5.54. The Morgan fingerprint density at radius 2 is 1.79 bits per heavy atom. The van der Waals surface area contributed by atoms with E-state index in [-0.39, 0.29) is 35.2 Å². The second-order valence-corrected chi connectivity index (χ2v) is 10.2. The van der Waals surface area contributed by atoms with Gasteiger partial charge < -0.3 is 19.5 Å². The molecule has 39 heavy (non-hydrogen) atoms. The Morgan fingerprint density at radius 3 is 2.59 bits per heavy atom. The number of carbonyl (C=O) groups is 2. The molecule has 1 saturated carbocycles. The first-order valence-electron chi connectivity index (χ1n) is 13.1. The Kier molecular flexibility index (Phi) is 6.68. The first-order chi connectivity index (χ1) is 18.9. The van der Waals surface area contributed by atoms with Crippen molar-refractivity contribution in [3.63, 3.8) is 0 Å². The first kappa shape index (κ1) is 25.0. The average Bonchev–Trinajstić information content (AvgIpc) is 3.37. The predicted molar refractivity (Wildman–Crippen MR) is 141 cm³/mol. The van der Waals surface area contributed by atoms with Crippen molar-refractivity contribution >= 4 is 23.3 Å². The van der Waals surface area contributed by atoms with E-state index in [1.807, 2.05) is 28.0 Å². The third-order valence-electron chi connectivity index (χ3n) is 7.58. The van der Waals surface area contributed by atoms with Crippen molar-refractivity contribution in [2.45, 2.75) is 44.2 Å². The van der Waals surface area contributed by atoms with Crippen LogP contribution in [0.1, 0.15) is 52.1 Å². The maximum absolute atomic E-state index is 14.1. The maximum Gasteiger partial charge on any atom is 0.271 e. The molecule has 2 amide bonds. The molecule has 6 rings (SSSR count). The highest BCUT2D eigenvalue weighted by Gasteiger charge is 2.37. The van der Waals surface area contributed by atoms with Gasteiger partial charge in [0.1, 0.15) is 28.8 Å². The van der Waals surface area contributed by atoms with Gasteiger partial charge in [-0.1, -0.05) is 30.3 Å². The highest BCUT2D eigenvalue weighted by Crippen LogP contribution is 2.31. The second kappa shape index (κ2) is 10.4. The van der Waals surface area contributed by atoms with Crippen LogP contribution in [0.5, 0.6) is 0 Å². The van der Waals surface area contributed by atoms with Gasteiger partial charge >= 0.3 is 0 Å². The standard InChI is InChI=1S/C29H28F2N6O2/c30-20-6-11-26-34-25(17-36(26)16-20)28(38)33-22-7-9-23(10-8-22)37-18-35(13-12-19-4-2-1-3-5-19)27-24(29(37)39)14-21(31)15-32-27/h1-6,11,14-17,22-23H,7-10,12-13,18H2,(H,33,38). The van der Waals surface area contributed by atoms with Gasteiger partial charge in [0.05, 0.1) is 18.4 Å². The Labute approximate surface area is 224 Å². The second-order valence-electron chi connectivity index (χ2n) is 10.2. The van der Waals surface area contributed by atoms with Crippen LogP contribution in [-0.2, 0) is 6.42 Å². The first-order valence-corrected chi connectivity index (χ1v) is 13.1. The number of benzene rings is 1. The van der Waals surface area contributed by atoms with Crippen molar-refractivity contribution < 1.29 is 18.4 Å². The molecule has 4 heterocycles. The van der Waals surface area contributed by atoms with E-state index in [1.54, 1.807) is 0 Å². The van der Waals surface area contributed by atoms with E-state index in [0.29, 0.717) is 50.4 Å². The minimum absolute atomic E-state index is 0.0283. The normalized spacial score (nSPS) is 19.3. The van der Waals surface area contributed by atoms with E-state index in [1.165, 1.54) is 40.6 Å². The zero-order valence-corrected chi connectivity index (χ0v) is 21.3. The number of rotatable bonds is 6. The maximum atomic E-state index is 14.1. The Morgan fingerprint density at radius 1 is 1.00 bits per heavy atom. The van der Waals surface area contributed by atoms with E-state index in [0.717, 1.165) is 12.6 Å². The minimum Gasteiger partial charge on any atom is -0.348 e. The lowest BCUT2D eigenvalue weighted by Crippen LogP contribution is -2.54. The van der Waals surface area contributed by atoms with Crippen LogP contribution in [-0.4, -0.2) is 56.4 Å². The summed E-state index contributed by atoms with van der Waals surface area (Å²) in [7, 11) is 0. The molecule has 0 bridgehead atoms. The Bertz CT molecular complexity index is 1520. The number of aromatic nitrogens is 3. The summed E-state index contributed by atoms with van der Waals surface area (Å²) < 4.78 is 29.1. The summed E-state index contributed by atoms with van der Waals surface area (Å²) in [6, 6.07) is 14.1. The van der Waals surface area contributed by atoms with Crippen LogP contribution in [0.4, 0.5) is 14.6 Å². The van der Waals surface area contributed by atoms with Crippen LogP contribution < -0.4 is 10.2 Å². The fourth-order valence-corrected chi connectivity index (χ4v) is 5.54. The number of amides is 2. The van der Waals surface area contributed by atoms with Crippen LogP contribution in [0.25, 0.3) is 5.65 Å². The lowest BCUT2D eigenvalue weighted by atomic mass is 9.89. The number of anilines is 1. The number of hydrogen-bond donors (Lipinski definition) is 1. The summed E-state index contributed by atoms with van der Waals surface area (Å²) in [5.41, 5.74) is 2.19. The summed E-state index contributed by atoms with van der Waals surface area (Å²) >= 11 is 0. The molecule has 1 fully saturated rings. The molecule has 8 nitrogen and oxygen atoms in total. The van der Waals surface area contributed by atoms with Gasteiger partial charge in [-0.25, -0.2) is 18.7 Å². The van der Waals surface area contributed by atoms with Gasteiger partial charge in [0.25, 0.3) is 11.8 Å². The van der Waals surface area contributed by atoms with E-state index >= 15 is 0 Å². The van der Waals surface area contributed by atoms with E-state index in [2.05, 4.69) is 27.4 Å². The van der Waals surface area contributed by atoms with Gasteiger partial charge in [0, 0.05) is 31.0 Å². The summed E-state index contributed by atoms with van der Waals surface area (Å²) in [5, 5.41) is 3.03. The highest BCUT2D eigenvalue weighted by atomic mass is 19.1. The van der Waals surface area contributed by atoms with Crippen LogP contribution in [0, 0.1) is 11.6 Å². The molecule has 1 aliphatic heterocycles. The molecule has 0 spiro atoms. The number of nitrogens with one attached hydrogen (secondary N) is 1. The number of nitrogens with zero attached hydrogens (tertiary/aromatic N) is 5. The van der Waals surface area contributed by atoms with E-state index in [4.69, 9.17) is 0 Å². The third-order valence-corrected chi connectivity index (χ3v) is 7.58. The number of hydrogen-bond acceptors (Lipinski definition) is 5. The molecule has 200 valence electrons. The molecule has 0 atom stereocenters. The van der Waals surface area contributed by atoms with Gasteiger partial charge in [0.2, 0.25) is 0 Å². The zero-order chi connectivity index (χ0) is 26.9. The van der Waals surface area contributed by atoms with Crippen molar-refractivity contribution in [1.29, 1.82) is 0 Å². The van der Waals surface area contributed by atoms with Crippen molar-refractivity contribution in [3.05, 3.63) is 95.6 Å². The summed E-state index contributed by atoms with van der Waals surface area (Å²) in [6.45, 7) is 1.03. The zero-order valence-electron chi connectivity index (χ0n) is 21.3. The third kappa shape index (κ3) is 5.19. The van der Waals surface area contributed by atoms with Crippen LogP contribution in [0.3, 0.4) is 0 Å². The van der Waals surface area contributed by atoms with Crippen molar-refractivity contribution in [2.24, 2.45) is 0 Å². The van der Waals surface area contributed by atoms with Gasteiger partial charge in [-0.05, 0) is 55.9 Å². The smallest absolute Gasteiger partial charge is 0.271 e. The lowest BCUT2D eigenvalue weighted by Gasteiger charge is -2.43. The van der Waals surface area contributed by atoms with Gasteiger partial charge in [-0.3, -0.25) is 9.59 Å². The van der Waals surface area contributed by atoms with E-state index in [9.17, 15) is 18.4 Å². The molecule has 4 aromatic rings. The average molecular weight is 531 g/mol. The van der Waals surface area contributed by atoms with Gasteiger partial charge in [-0.2, -0.15) is 0 Å². The molecule has 3 aromatic heterocycles. The number of halogens is 2. The van der Waals surface area contributed by atoms with Gasteiger partial charge in [-0.15, -0.1) is 0 Å². The summed E-state index contributed by atoms with van der Waals surface area (Å²) in [4.78, 5) is 38.7. The molecule has 0 radical (unpaired) electrons. The molecule has 10 heteroatoms. The van der Waals surface area contributed by atoms with Crippen LogP contribution >= 0.6 is 0 Å². The Hall–Kier alpha value is -4.34. The lowest BCUT2D eigenvalue weighted by molar-refractivity contribution is 0.0592. The number of fused-ring (bicyclic) bond motifs is 2. The fraction of sp³-hybridized carbons (Fsp3) is 0.310. The number of imidazole rings is 1. The van der Waals surface area contributed by atoms with E-state index < -0.39 is 11.6 Å². The predicted octanol–water partition coefficient (Wildman–Crippen LogP) is 4.21. The molecule has 1 N–H and O–H groups in total. The van der Waals surface area contributed by atoms with Crippen LogP contribution in [0.2, 0.25) is 0 Å². The van der Waals surface area contributed by atoms with Gasteiger partial charge in [0.15, 0.2) is 0 Å². The number of pyridine rings is 2. The van der Waals surface area contributed by atoms with Crippen molar-refractivity contribution in [3.8, 4) is 0 Å². The highest BCUT2D eigenvalue weighted by molar-refractivity contribution is 6.00. The minimum atomic E-state index is -0.534. The molecule has 0 saturated heterocycles. The SMILES string of the molecule is O=C(NC1CCC(N2CN(CCc3ccccc3)c3ncc(F)cc3C2=O)CC1)c1cn2cc(F)ccc2n1. The molecule has 0 unspecified atom stereocenters. The monoisotopic (exact) mass is 530 g/mol. The topological polar surface area (TPSA) is 82.8 Å². The molecular formula is C29H28F2N6O2.